The van der Waals surface area contributed by atoms with Gasteiger partial charge < -0.3 is 9.32 Å². The summed E-state index contributed by atoms with van der Waals surface area (Å²) in [6.45, 7) is 2.85. The number of carbonyl (C=O) groups is 1. The molecule has 0 radical (unpaired) electrons. The standard InChI is InChI=1S/C31H28N4O2/c36-31(28-23-27(29-17-10-22-37-29)32-35(28)26-15-8-3-9-16-26)34-20-18-33(19-21-34)30(24-11-4-1-5-12-24)25-13-6-2-7-14-25/h1-17,22-23,30H,18-21H2. The fourth-order valence-electron chi connectivity index (χ4n) is 5.07. The number of para-hydroxylation sites is 1. The molecule has 0 unspecified atom stereocenters. The molecule has 0 atom stereocenters. The highest BCUT2D eigenvalue weighted by Gasteiger charge is 2.30. The molecule has 37 heavy (non-hydrogen) atoms. The SMILES string of the molecule is O=C(c1cc(-c2ccco2)nn1-c1ccccc1)N1CCN(C(c2ccccc2)c2ccccc2)CC1. The molecule has 184 valence electrons. The van der Waals surface area contributed by atoms with Crippen molar-refractivity contribution < 1.29 is 9.21 Å². The van der Waals surface area contributed by atoms with Gasteiger partial charge in [0.15, 0.2) is 5.76 Å². The predicted octanol–water partition coefficient (Wildman–Crippen LogP) is 5.68. The molecule has 1 aliphatic rings. The number of hydrogen-bond donors (Lipinski definition) is 0. The lowest BCUT2D eigenvalue weighted by Gasteiger charge is -2.39. The minimum Gasteiger partial charge on any atom is -0.463 e. The zero-order chi connectivity index (χ0) is 25.0. The van der Waals surface area contributed by atoms with E-state index in [0.29, 0.717) is 30.2 Å². The molecule has 3 heterocycles. The van der Waals surface area contributed by atoms with Crippen LogP contribution >= 0.6 is 0 Å². The molecule has 2 aromatic heterocycles. The third-order valence-corrected chi connectivity index (χ3v) is 6.90. The van der Waals surface area contributed by atoms with E-state index in [1.54, 1.807) is 10.9 Å². The molecule has 6 nitrogen and oxygen atoms in total. The van der Waals surface area contributed by atoms with Crippen LogP contribution in [0.5, 0.6) is 0 Å². The van der Waals surface area contributed by atoms with Crippen LogP contribution in [0.3, 0.4) is 0 Å². The molecular formula is C31H28N4O2. The molecular weight excluding hydrogens is 460 g/mol. The molecule has 6 rings (SSSR count). The van der Waals surface area contributed by atoms with Crippen molar-refractivity contribution in [1.29, 1.82) is 0 Å². The number of furan rings is 1. The molecule has 1 fully saturated rings. The molecule has 3 aromatic carbocycles. The largest absolute Gasteiger partial charge is 0.463 e. The average Bonchev–Trinajstić information content (AvgIpc) is 3.66. The van der Waals surface area contributed by atoms with E-state index in [1.165, 1.54) is 11.1 Å². The first-order chi connectivity index (χ1) is 18.3. The van der Waals surface area contributed by atoms with Crippen molar-refractivity contribution in [1.82, 2.24) is 19.6 Å². The molecule has 0 saturated carbocycles. The molecule has 0 N–H and O–H groups in total. The topological polar surface area (TPSA) is 54.5 Å². The monoisotopic (exact) mass is 488 g/mol. The molecule has 0 aliphatic carbocycles. The van der Waals surface area contributed by atoms with E-state index in [9.17, 15) is 4.79 Å². The zero-order valence-electron chi connectivity index (χ0n) is 20.5. The second-order valence-electron chi connectivity index (χ2n) is 9.19. The van der Waals surface area contributed by atoms with Crippen LogP contribution in [-0.4, -0.2) is 51.7 Å². The van der Waals surface area contributed by atoms with E-state index in [4.69, 9.17) is 9.52 Å². The Morgan fingerprint density at radius 1 is 0.730 bits per heavy atom. The zero-order valence-corrected chi connectivity index (χ0v) is 20.5. The normalized spacial score (nSPS) is 14.2. The highest BCUT2D eigenvalue weighted by atomic mass is 16.3. The maximum Gasteiger partial charge on any atom is 0.272 e. The van der Waals surface area contributed by atoms with Crippen molar-refractivity contribution >= 4 is 5.91 Å². The number of amides is 1. The van der Waals surface area contributed by atoms with Gasteiger partial charge in [0.25, 0.3) is 5.91 Å². The van der Waals surface area contributed by atoms with Crippen molar-refractivity contribution in [3.63, 3.8) is 0 Å². The first-order valence-corrected chi connectivity index (χ1v) is 12.6. The Morgan fingerprint density at radius 2 is 1.32 bits per heavy atom. The summed E-state index contributed by atoms with van der Waals surface area (Å²) >= 11 is 0. The molecule has 6 heteroatoms. The Labute approximate surface area is 216 Å². The number of aromatic nitrogens is 2. The second kappa shape index (κ2) is 10.3. The highest BCUT2D eigenvalue weighted by Crippen LogP contribution is 2.30. The Bertz CT molecular complexity index is 1400. The van der Waals surface area contributed by atoms with Gasteiger partial charge in [-0.2, -0.15) is 5.10 Å². The maximum atomic E-state index is 13.8. The first kappa shape index (κ1) is 23.0. The van der Waals surface area contributed by atoms with Crippen LogP contribution in [0.25, 0.3) is 17.1 Å². The lowest BCUT2D eigenvalue weighted by Crippen LogP contribution is -2.50. The van der Waals surface area contributed by atoms with E-state index in [1.807, 2.05) is 53.4 Å². The third-order valence-electron chi connectivity index (χ3n) is 6.90. The van der Waals surface area contributed by atoms with Crippen LogP contribution in [0.1, 0.15) is 27.7 Å². The summed E-state index contributed by atoms with van der Waals surface area (Å²) in [5.41, 5.74) is 4.55. The Kier molecular flexibility index (Phi) is 6.40. The van der Waals surface area contributed by atoms with E-state index in [0.717, 1.165) is 18.8 Å². The molecule has 1 saturated heterocycles. The van der Waals surface area contributed by atoms with E-state index < -0.39 is 0 Å². The van der Waals surface area contributed by atoms with E-state index in [2.05, 4.69) is 65.6 Å². The van der Waals surface area contributed by atoms with Gasteiger partial charge in [0.05, 0.1) is 18.0 Å². The highest BCUT2D eigenvalue weighted by molar-refractivity contribution is 5.94. The lowest BCUT2D eigenvalue weighted by molar-refractivity contribution is 0.0589. The number of rotatable bonds is 6. The Balaban J connectivity index is 1.26. The van der Waals surface area contributed by atoms with Gasteiger partial charge in [-0.25, -0.2) is 4.68 Å². The molecule has 0 spiro atoms. The quantitative estimate of drug-likeness (QED) is 0.309. The van der Waals surface area contributed by atoms with Crippen molar-refractivity contribution in [2.45, 2.75) is 6.04 Å². The van der Waals surface area contributed by atoms with Crippen LogP contribution in [0, 0.1) is 0 Å². The average molecular weight is 489 g/mol. The van der Waals surface area contributed by atoms with E-state index >= 15 is 0 Å². The summed E-state index contributed by atoms with van der Waals surface area (Å²) in [5, 5.41) is 4.73. The second-order valence-corrected chi connectivity index (χ2v) is 9.19. The van der Waals surface area contributed by atoms with Gasteiger partial charge in [-0.3, -0.25) is 9.69 Å². The number of hydrogen-bond acceptors (Lipinski definition) is 4. The Hall–Kier alpha value is -4.42. The smallest absolute Gasteiger partial charge is 0.272 e. The fraction of sp³-hybridized carbons (Fsp3) is 0.161. The summed E-state index contributed by atoms with van der Waals surface area (Å²) < 4.78 is 7.29. The van der Waals surface area contributed by atoms with Crippen molar-refractivity contribution in [3.05, 3.63) is 132 Å². The van der Waals surface area contributed by atoms with Crippen LogP contribution in [0.15, 0.2) is 120 Å². The minimum atomic E-state index is -0.0234. The lowest BCUT2D eigenvalue weighted by atomic mass is 9.96. The fourth-order valence-corrected chi connectivity index (χ4v) is 5.07. The van der Waals surface area contributed by atoms with Crippen LogP contribution in [0.4, 0.5) is 0 Å². The number of carbonyl (C=O) groups excluding carboxylic acids is 1. The predicted molar refractivity (Wildman–Crippen MR) is 143 cm³/mol. The summed E-state index contributed by atoms with van der Waals surface area (Å²) in [4.78, 5) is 18.2. The Morgan fingerprint density at radius 3 is 1.89 bits per heavy atom. The van der Waals surface area contributed by atoms with Crippen LogP contribution in [0.2, 0.25) is 0 Å². The molecule has 1 aliphatic heterocycles. The number of nitrogens with zero attached hydrogens (tertiary/aromatic N) is 4. The summed E-state index contributed by atoms with van der Waals surface area (Å²) in [7, 11) is 0. The first-order valence-electron chi connectivity index (χ1n) is 12.6. The van der Waals surface area contributed by atoms with Gasteiger partial charge in [0, 0.05) is 32.2 Å². The number of piperazine rings is 1. The van der Waals surface area contributed by atoms with Gasteiger partial charge in [-0.15, -0.1) is 0 Å². The maximum absolute atomic E-state index is 13.8. The van der Waals surface area contributed by atoms with Crippen molar-refractivity contribution in [2.75, 3.05) is 26.2 Å². The van der Waals surface area contributed by atoms with Crippen molar-refractivity contribution in [3.8, 4) is 17.1 Å². The summed E-state index contributed by atoms with van der Waals surface area (Å²) in [5.74, 6) is 0.617. The van der Waals surface area contributed by atoms with E-state index in [-0.39, 0.29) is 11.9 Å². The van der Waals surface area contributed by atoms with Gasteiger partial charge in [-0.1, -0.05) is 78.9 Å². The molecule has 0 bridgehead atoms. The molecule has 5 aromatic rings. The third kappa shape index (κ3) is 4.71. The van der Waals surface area contributed by atoms with Gasteiger partial charge >= 0.3 is 0 Å². The molecule has 1 amide bonds. The van der Waals surface area contributed by atoms with Crippen molar-refractivity contribution in [2.24, 2.45) is 0 Å². The van der Waals surface area contributed by atoms with Crippen LogP contribution < -0.4 is 0 Å². The summed E-state index contributed by atoms with van der Waals surface area (Å²) in [6.07, 6.45) is 1.62. The minimum absolute atomic E-state index is 0.0234. The summed E-state index contributed by atoms with van der Waals surface area (Å²) in [6, 6.07) is 36.6. The van der Waals surface area contributed by atoms with Gasteiger partial charge in [0.2, 0.25) is 0 Å². The van der Waals surface area contributed by atoms with Gasteiger partial charge in [-0.05, 0) is 35.4 Å². The van der Waals surface area contributed by atoms with Gasteiger partial charge in [0.1, 0.15) is 11.4 Å². The van der Waals surface area contributed by atoms with Crippen LogP contribution in [-0.2, 0) is 0 Å². The number of benzene rings is 3.